The zero-order valence-electron chi connectivity index (χ0n) is 12.1. The minimum atomic E-state index is -0.0329. The number of amides is 1. The van der Waals surface area contributed by atoms with Crippen molar-refractivity contribution in [3.05, 3.63) is 29.8 Å². The summed E-state index contributed by atoms with van der Waals surface area (Å²) in [5, 5.41) is 3.01. The van der Waals surface area contributed by atoms with E-state index >= 15 is 0 Å². The van der Waals surface area contributed by atoms with Gasteiger partial charge in [0.25, 0.3) is 5.91 Å². The van der Waals surface area contributed by atoms with Crippen LogP contribution in [0, 0.1) is 0 Å². The summed E-state index contributed by atoms with van der Waals surface area (Å²) >= 11 is 0. The van der Waals surface area contributed by atoms with E-state index in [0.717, 1.165) is 30.6 Å². The van der Waals surface area contributed by atoms with Crippen LogP contribution in [0.3, 0.4) is 0 Å². The number of carbonyl (C=O) groups excluding carboxylic acids is 1. The second-order valence-corrected chi connectivity index (χ2v) is 5.67. The summed E-state index contributed by atoms with van der Waals surface area (Å²) in [5.74, 6) is 0.694. The molecule has 0 spiro atoms. The molecule has 2 rings (SSSR count). The molecule has 1 amide bonds. The normalized spacial score (nSPS) is 16.9. The van der Waals surface area contributed by atoms with Crippen LogP contribution in [0.1, 0.15) is 38.2 Å². The van der Waals surface area contributed by atoms with Crippen molar-refractivity contribution in [3.8, 4) is 5.75 Å². The van der Waals surface area contributed by atoms with Gasteiger partial charge in [-0.05, 0) is 43.9 Å². The van der Waals surface area contributed by atoms with Gasteiger partial charge in [-0.15, -0.1) is 0 Å². The minimum Gasteiger partial charge on any atom is -0.484 e. The molecule has 0 aliphatic heterocycles. The van der Waals surface area contributed by atoms with Gasteiger partial charge >= 0.3 is 0 Å². The van der Waals surface area contributed by atoms with E-state index in [1.807, 2.05) is 31.2 Å². The third kappa shape index (κ3) is 4.85. The first-order valence-corrected chi connectivity index (χ1v) is 7.40. The molecule has 0 aromatic heterocycles. The Labute approximate surface area is 120 Å². The maximum Gasteiger partial charge on any atom is 0.258 e. The Morgan fingerprint density at radius 2 is 2.20 bits per heavy atom. The summed E-state index contributed by atoms with van der Waals surface area (Å²) < 4.78 is 5.55. The third-order valence-corrected chi connectivity index (χ3v) is 3.55. The molecule has 20 heavy (non-hydrogen) atoms. The number of benzene rings is 1. The lowest BCUT2D eigenvalue weighted by atomic mass is 10.1. The van der Waals surface area contributed by atoms with Gasteiger partial charge < -0.3 is 15.8 Å². The van der Waals surface area contributed by atoms with Crippen molar-refractivity contribution in [1.29, 1.82) is 0 Å². The summed E-state index contributed by atoms with van der Waals surface area (Å²) in [6.45, 7) is 2.06. The molecule has 1 aromatic carbocycles. The summed E-state index contributed by atoms with van der Waals surface area (Å²) in [4.78, 5) is 11.8. The molecule has 1 saturated carbocycles. The lowest BCUT2D eigenvalue weighted by molar-refractivity contribution is -0.123. The molecule has 1 fully saturated rings. The maximum absolute atomic E-state index is 11.8. The smallest absolute Gasteiger partial charge is 0.258 e. The van der Waals surface area contributed by atoms with Gasteiger partial charge in [-0.2, -0.15) is 0 Å². The topological polar surface area (TPSA) is 64.3 Å². The second kappa shape index (κ2) is 7.29. The summed E-state index contributed by atoms with van der Waals surface area (Å²) in [6.07, 6.45) is 5.42. The van der Waals surface area contributed by atoms with Crippen molar-refractivity contribution in [2.45, 2.75) is 51.1 Å². The van der Waals surface area contributed by atoms with Crippen LogP contribution in [-0.2, 0) is 11.2 Å². The summed E-state index contributed by atoms with van der Waals surface area (Å²) in [6, 6.07) is 8.24. The molecule has 1 aliphatic rings. The van der Waals surface area contributed by atoms with E-state index in [2.05, 4.69) is 5.32 Å². The number of rotatable bonds is 6. The lowest BCUT2D eigenvalue weighted by Crippen LogP contribution is -2.36. The highest BCUT2D eigenvalue weighted by Gasteiger charge is 2.17. The zero-order chi connectivity index (χ0) is 14.4. The average Bonchev–Trinajstić information content (AvgIpc) is 2.89. The van der Waals surface area contributed by atoms with Crippen LogP contribution in [-0.4, -0.2) is 24.6 Å². The van der Waals surface area contributed by atoms with Gasteiger partial charge in [0.2, 0.25) is 0 Å². The van der Waals surface area contributed by atoms with Gasteiger partial charge in [0.05, 0.1) is 0 Å². The number of ether oxygens (including phenoxy) is 1. The quantitative estimate of drug-likeness (QED) is 0.835. The lowest BCUT2D eigenvalue weighted by Gasteiger charge is -2.13. The predicted octanol–water partition coefficient (Wildman–Crippen LogP) is 2.01. The second-order valence-electron chi connectivity index (χ2n) is 5.67. The zero-order valence-corrected chi connectivity index (χ0v) is 12.1. The van der Waals surface area contributed by atoms with Crippen LogP contribution in [0.4, 0.5) is 0 Å². The molecule has 0 saturated heterocycles. The van der Waals surface area contributed by atoms with Crippen molar-refractivity contribution in [2.24, 2.45) is 5.73 Å². The van der Waals surface area contributed by atoms with Gasteiger partial charge in [0.15, 0.2) is 6.61 Å². The van der Waals surface area contributed by atoms with E-state index in [1.165, 1.54) is 12.8 Å². The Bertz CT molecular complexity index is 440. The SMILES string of the molecule is CC(N)Cc1cccc(OCC(=O)NC2CCCC2)c1. The number of hydrogen-bond donors (Lipinski definition) is 2. The van der Waals surface area contributed by atoms with Crippen molar-refractivity contribution >= 4 is 5.91 Å². The van der Waals surface area contributed by atoms with Gasteiger partial charge in [0.1, 0.15) is 5.75 Å². The Morgan fingerprint density at radius 3 is 2.90 bits per heavy atom. The highest BCUT2D eigenvalue weighted by atomic mass is 16.5. The standard InChI is InChI=1S/C16H24N2O2/c1-12(17)9-13-5-4-8-15(10-13)20-11-16(19)18-14-6-2-3-7-14/h4-5,8,10,12,14H,2-3,6-7,9,11,17H2,1H3,(H,18,19). The van der Waals surface area contributed by atoms with E-state index in [1.54, 1.807) is 0 Å². The van der Waals surface area contributed by atoms with Crippen molar-refractivity contribution in [2.75, 3.05) is 6.61 Å². The van der Waals surface area contributed by atoms with Gasteiger partial charge in [-0.1, -0.05) is 25.0 Å². The number of carbonyl (C=O) groups is 1. The van der Waals surface area contributed by atoms with Gasteiger partial charge in [-0.25, -0.2) is 0 Å². The van der Waals surface area contributed by atoms with Crippen molar-refractivity contribution < 1.29 is 9.53 Å². The van der Waals surface area contributed by atoms with E-state index in [0.29, 0.717) is 6.04 Å². The first-order chi connectivity index (χ1) is 9.63. The minimum absolute atomic E-state index is 0.0329. The highest BCUT2D eigenvalue weighted by Crippen LogP contribution is 2.18. The molecule has 1 aliphatic carbocycles. The molecule has 4 heteroatoms. The van der Waals surface area contributed by atoms with E-state index in [9.17, 15) is 4.79 Å². The van der Waals surface area contributed by atoms with Crippen LogP contribution in [0.2, 0.25) is 0 Å². The molecule has 4 nitrogen and oxygen atoms in total. The Kier molecular flexibility index (Phi) is 5.41. The fraction of sp³-hybridized carbons (Fsp3) is 0.562. The molecule has 110 valence electrons. The third-order valence-electron chi connectivity index (χ3n) is 3.55. The molecular weight excluding hydrogens is 252 g/mol. The first-order valence-electron chi connectivity index (χ1n) is 7.40. The van der Waals surface area contributed by atoms with Gasteiger partial charge in [-0.3, -0.25) is 4.79 Å². The fourth-order valence-corrected chi connectivity index (χ4v) is 2.62. The molecule has 0 radical (unpaired) electrons. The molecule has 0 heterocycles. The first kappa shape index (κ1) is 14.9. The number of nitrogens with one attached hydrogen (secondary N) is 1. The van der Waals surface area contributed by atoms with Crippen LogP contribution < -0.4 is 15.8 Å². The number of hydrogen-bond acceptors (Lipinski definition) is 3. The molecule has 0 bridgehead atoms. The van der Waals surface area contributed by atoms with Gasteiger partial charge in [0, 0.05) is 12.1 Å². The summed E-state index contributed by atoms with van der Waals surface area (Å²) in [5.41, 5.74) is 6.92. The molecule has 1 unspecified atom stereocenters. The molecule has 1 atom stereocenters. The van der Waals surface area contributed by atoms with Crippen LogP contribution in [0.5, 0.6) is 5.75 Å². The highest BCUT2D eigenvalue weighted by molar-refractivity contribution is 5.77. The Balaban J connectivity index is 1.79. The van der Waals surface area contributed by atoms with Crippen LogP contribution >= 0.6 is 0 Å². The molecule has 1 aromatic rings. The van der Waals surface area contributed by atoms with Crippen molar-refractivity contribution in [3.63, 3.8) is 0 Å². The fourth-order valence-electron chi connectivity index (χ4n) is 2.62. The largest absolute Gasteiger partial charge is 0.484 e. The van der Waals surface area contributed by atoms with E-state index < -0.39 is 0 Å². The monoisotopic (exact) mass is 276 g/mol. The Morgan fingerprint density at radius 1 is 1.45 bits per heavy atom. The predicted molar refractivity (Wildman–Crippen MR) is 79.7 cm³/mol. The van der Waals surface area contributed by atoms with Crippen LogP contribution in [0.15, 0.2) is 24.3 Å². The van der Waals surface area contributed by atoms with E-state index in [4.69, 9.17) is 10.5 Å². The maximum atomic E-state index is 11.8. The van der Waals surface area contributed by atoms with E-state index in [-0.39, 0.29) is 18.6 Å². The molecular formula is C16H24N2O2. The Hall–Kier alpha value is -1.55. The molecule has 3 N–H and O–H groups in total. The van der Waals surface area contributed by atoms with Crippen molar-refractivity contribution in [1.82, 2.24) is 5.32 Å². The summed E-state index contributed by atoms with van der Waals surface area (Å²) in [7, 11) is 0. The average molecular weight is 276 g/mol. The number of nitrogens with two attached hydrogens (primary N) is 1. The van der Waals surface area contributed by atoms with Crippen LogP contribution in [0.25, 0.3) is 0 Å².